The van der Waals surface area contributed by atoms with Gasteiger partial charge in [-0.05, 0) is 115 Å². The van der Waals surface area contributed by atoms with Gasteiger partial charge in [0.1, 0.15) is 11.2 Å². The molecule has 0 atom stereocenters. The van der Waals surface area contributed by atoms with Gasteiger partial charge >= 0.3 is 0 Å². The Morgan fingerprint density at radius 3 is 1.62 bits per heavy atom. The van der Waals surface area contributed by atoms with Crippen LogP contribution in [0.5, 0.6) is 0 Å². The number of hydrogen-bond donors (Lipinski definition) is 0. The monoisotopic (exact) mass is 781 g/mol. The third kappa shape index (κ3) is 5.28. The van der Waals surface area contributed by atoms with E-state index in [4.69, 9.17) is 4.42 Å². The fourth-order valence-electron chi connectivity index (χ4n) is 10.4. The smallest absolute Gasteiger partial charge is 0.143 e. The summed E-state index contributed by atoms with van der Waals surface area (Å²) < 4.78 is 6.48. The second kappa shape index (κ2) is 13.3. The van der Waals surface area contributed by atoms with Crippen molar-refractivity contribution >= 4 is 39.0 Å². The van der Waals surface area contributed by atoms with Crippen LogP contribution < -0.4 is 4.90 Å². The molecular weight excluding hydrogens is 739 g/mol. The van der Waals surface area contributed by atoms with Crippen LogP contribution in [0.25, 0.3) is 66.4 Å². The normalized spacial score (nSPS) is 13.3. The average Bonchev–Trinajstić information content (AvgIpc) is 3.93. The quantitative estimate of drug-likeness (QED) is 0.173. The molecule has 0 amide bonds. The van der Waals surface area contributed by atoms with Crippen LogP contribution >= 0.6 is 0 Å². The molecule has 61 heavy (non-hydrogen) atoms. The average molecular weight is 782 g/mol. The first-order valence-corrected chi connectivity index (χ1v) is 21.3. The van der Waals surface area contributed by atoms with Gasteiger partial charge < -0.3 is 9.32 Å². The molecule has 0 N–H and O–H groups in total. The van der Waals surface area contributed by atoms with Crippen LogP contribution in [0.4, 0.5) is 17.1 Å². The van der Waals surface area contributed by atoms with E-state index in [0.29, 0.717) is 0 Å². The van der Waals surface area contributed by atoms with Crippen molar-refractivity contribution in [2.24, 2.45) is 0 Å². The van der Waals surface area contributed by atoms with Crippen molar-refractivity contribution in [3.05, 3.63) is 234 Å². The molecule has 0 radical (unpaired) electrons. The van der Waals surface area contributed by atoms with Gasteiger partial charge in [-0.15, -0.1) is 0 Å². The summed E-state index contributed by atoms with van der Waals surface area (Å²) in [5.74, 6) is 0. The van der Waals surface area contributed by atoms with Crippen molar-refractivity contribution in [2.45, 2.75) is 31.6 Å². The fourth-order valence-corrected chi connectivity index (χ4v) is 10.4. The third-order valence-corrected chi connectivity index (χ3v) is 13.3. The Morgan fingerprint density at radius 2 is 0.918 bits per heavy atom. The molecule has 1 spiro atoms. The van der Waals surface area contributed by atoms with Crippen molar-refractivity contribution in [3.63, 3.8) is 0 Å². The van der Waals surface area contributed by atoms with Gasteiger partial charge in [0.05, 0.1) is 5.41 Å². The highest BCUT2D eigenvalue weighted by molar-refractivity contribution is 6.09. The molecule has 2 aliphatic carbocycles. The van der Waals surface area contributed by atoms with Crippen LogP contribution in [-0.2, 0) is 10.8 Å². The molecule has 12 rings (SSSR count). The van der Waals surface area contributed by atoms with Gasteiger partial charge in [-0.25, -0.2) is 0 Å². The predicted molar refractivity (Wildman–Crippen MR) is 254 cm³/mol. The van der Waals surface area contributed by atoms with Crippen LogP contribution in [0.15, 0.2) is 211 Å². The molecule has 0 aliphatic heterocycles. The highest BCUT2D eigenvalue weighted by atomic mass is 16.3. The van der Waals surface area contributed by atoms with E-state index in [1.165, 1.54) is 61.2 Å². The lowest BCUT2D eigenvalue weighted by molar-refractivity contribution is 0.590. The van der Waals surface area contributed by atoms with Crippen LogP contribution in [0, 0.1) is 0 Å². The van der Waals surface area contributed by atoms with Crippen LogP contribution in [0.3, 0.4) is 0 Å². The molecule has 1 aromatic heterocycles. The summed E-state index contributed by atoms with van der Waals surface area (Å²) >= 11 is 0. The Hall–Kier alpha value is -7.42. The summed E-state index contributed by atoms with van der Waals surface area (Å²) in [4.78, 5) is 2.42. The van der Waals surface area contributed by atoms with Crippen molar-refractivity contribution in [1.82, 2.24) is 0 Å². The molecule has 10 aromatic rings. The Bertz CT molecular complexity index is 3280. The summed E-state index contributed by atoms with van der Waals surface area (Å²) in [6, 6.07) is 76.0. The highest BCUT2D eigenvalue weighted by Crippen LogP contribution is 2.63. The Balaban J connectivity index is 1.06. The molecule has 290 valence electrons. The number of anilines is 3. The van der Waals surface area contributed by atoms with Crippen LogP contribution in [0.2, 0.25) is 0 Å². The zero-order valence-electron chi connectivity index (χ0n) is 34.5. The van der Waals surface area contributed by atoms with Gasteiger partial charge in [0.2, 0.25) is 0 Å². The summed E-state index contributed by atoms with van der Waals surface area (Å²) in [6.45, 7) is 6.94. The summed E-state index contributed by atoms with van der Waals surface area (Å²) in [5.41, 5.74) is 21.2. The van der Waals surface area contributed by atoms with Gasteiger partial charge in [-0.1, -0.05) is 185 Å². The molecule has 0 bridgehead atoms. The second-order valence-electron chi connectivity index (χ2n) is 17.7. The third-order valence-electron chi connectivity index (χ3n) is 13.3. The minimum absolute atomic E-state index is 0.0151. The van der Waals surface area contributed by atoms with Gasteiger partial charge in [0.15, 0.2) is 0 Å². The van der Waals surface area contributed by atoms with Crippen molar-refractivity contribution in [3.8, 4) is 44.5 Å². The first kappa shape index (κ1) is 35.5. The van der Waals surface area contributed by atoms with Crippen LogP contribution in [-0.4, -0.2) is 0 Å². The maximum absolute atomic E-state index is 6.48. The van der Waals surface area contributed by atoms with Crippen molar-refractivity contribution in [1.29, 1.82) is 0 Å². The SMILES string of the molecule is CC(C)(C)c1ccc2c(c1)-c1ccc(N(c3ccc(-c4ccccc4)cc3)c3ccc(-c4cccc5c4oc4ccccc45)cc3)cc1C21c2ccccc2-c2ccccc21. The van der Waals surface area contributed by atoms with E-state index in [9.17, 15) is 0 Å². The number of fused-ring (bicyclic) bond motifs is 13. The summed E-state index contributed by atoms with van der Waals surface area (Å²) in [7, 11) is 0. The second-order valence-corrected chi connectivity index (χ2v) is 17.7. The van der Waals surface area contributed by atoms with E-state index in [1.54, 1.807) is 0 Å². The fraction of sp³-hybridized carbons (Fsp3) is 0.0847. The topological polar surface area (TPSA) is 16.4 Å². The molecule has 9 aromatic carbocycles. The molecule has 2 aliphatic rings. The molecular formula is C59H43NO. The maximum atomic E-state index is 6.48. The predicted octanol–water partition coefficient (Wildman–Crippen LogP) is 16.0. The Kier molecular flexibility index (Phi) is 7.74. The Labute approximate surface area is 357 Å². The summed E-state index contributed by atoms with van der Waals surface area (Å²) in [6.07, 6.45) is 0. The van der Waals surface area contributed by atoms with E-state index in [1.807, 2.05) is 6.07 Å². The molecule has 0 saturated carbocycles. The lowest BCUT2D eigenvalue weighted by Gasteiger charge is -2.32. The number of furan rings is 1. The number of benzene rings is 9. The molecule has 0 fully saturated rings. The number of para-hydroxylation sites is 2. The highest BCUT2D eigenvalue weighted by Gasteiger charge is 2.52. The van der Waals surface area contributed by atoms with E-state index in [2.05, 4.69) is 226 Å². The van der Waals surface area contributed by atoms with Crippen molar-refractivity contribution in [2.75, 3.05) is 4.90 Å². The van der Waals surface area contributed by atoms with Gasteiger partial charge in [0.25, 0.3) is 0 Å². The zero-order chi connectivity index (χ0) is 40.9. The minimum atomic E-state index is -0.456. The molecule has 2 heteroatoms. The van der Waals surface area contributed by atoms with Gasteiger partial charge in [-0.2, -0.15) is 0 Å². The van der Waals surface area contributed by atoms with Crippen molar-refractivity contribution < 1.29 is 4.42 Å². The lowest BCUT2D eigenvalue weighted by Crippen LogP contribution is -2.26. The molecule has 0 unspecified atom stereocenters. The van der Waals surface area contributed by atoms with E-state index < -0.39 is 5.41 Å². The van der Waals surface area contributed by atoms with Gasteiger partial charge in [0, 0.05) is 33.4 Å². The number of nitrogens with zero attached hydrogens (tertiary/aromatic N) is 1. The molecule has 2 nitrogen and oxygen atoms in total. The van der Waals surface area contributed by atoms with E-state index in [0.717, 1.165) is 50.1 Å². The number of rotatable bonds is 5. The lowest BCUT2D eigenvalue weighted by atomic mass is 9.70. The first-order chi connectivity index (χ1) is 29.9. The van der Waals surface area contributed by atoms with Crippen LogP contribution in [0.1, 0.15) is 48.6 Å². The molecule has 1 heterocycles. The standard InChI is InChI=1S/C59H43NO/c1-58(2,3)41-28-35-54-51(36-41)48-34-33-44(37-55(48)59(54)52-21-10-7-16-46(52)47-17-8-11-22-53(47)59)60(42-29-24-39(25-30-42)38-14-5-4-6-15-38)43-31-26-40(27-32-43)45-19-13-20-50-49-18-9-12-23-56(49)61-57(45)50/h4-37H,1-3H3. The maximum Gasteiger partial charge on any atom is 0.143 e. The zero-order valence-corrected chi connectivity index (χ0v) is 34.5. The van der Waals surface area contributed by atoms with E-state index in [-0.39, 0.29) is 5.41 Å². The Morgan fingerprint density at radius 1 is 0.377 bits per heavy atom. The molecule has 0 saturated heterocycles. The number of hydrogen-bond acceptors (Lipinski definition) is 2. The van der Waals surface area contributed by atoms with E-state index >= 15 is 0 Å². The minimum Gasteiger partial charge on any atom is -0.455 e. The van der Waals surface area contributed by atoms with Gasteiger partial charge in [-0.3, -0.25) is 0 Å². The first-order valence-electron chi connectivity index (χ1n) is 21.3. The summed E-state index contributed by atoms with van der Waals surface area (Å²) in [5, 5.41) is 2.27. The largest absolute Gasteiger partial charge is 0.455 e.